The normalized spacial score (nSPS) is 11.1. The third kappa shape index (κ3) is 3.27. The zero-order chi connectivity index (χ0) is 13.8. The molecule has 7 heteroatoms. The number of carbonyl (C=O) groups is 1. The van der Waals surface area contributed by atoms with E-state index < -0.39 is 0 Å². The lowest BCUT2D eigenvalue weighted by atomic mass is 10.3. The first kappa shape index (κ1) is 13.0. The average molecular weight is 260 g/mol. The van der Waals surface area contributed by atoms with Crippen LogP contribution in [0.25, 0.3) is 0 Å². The molecule has 0 bridgehead atoms. The molecule has 0 aliphatic rings. The van der Waals surface area contributed by atoms with Crippen molar-refractivity contribution < 1.29 is 4.79 Å². The first-order valence-corrected chi connectivity index (χ1v) is 5.87. The van der Waals surface area contributed by atoms with Crippen LogP contribution < -0.4 is 5.43 Å². The fourth-order valence-electron chi connectivity index (χ4n) is 1.65. The van der Waals surface area contributed by atoms with Gasteiger partial charge in [0.05, 0.1) is 11.9 Å². The monoisotopic (exact) mass is 260 g/mol. The molecule has 2 heterocycles. The van der Waals surface area contributed by atoms with Crippen LogP contribution in [0.15, 0.2) is 23.6 Å². The molecule has 0 aliphatic heterocycles. The summed E-state index contributed by atoms with van der Waals surface area (Å²) in [5, 5.41) is 12.1. The van der Waals surface area contributed by atoms with E-state index in [0.29, 0.717) is 0 Å². The Bertz CT molecular complexity index is 610. The number of hydrogen-bond donors (Lipinski definition) is 1. The van der Waals surface area contributed by atoms with Crippen LogP contribution in [0.3, 0.4) is 0 Å². The molecule has 100 valence electrons. The molecule has 7 nitrogen and oxygen atoms in total. The molecule has 1 N–H and O–H groups in total. The van der Waals surface area contributed by atoms with Crippen molar-refractivity contribution in [1.29, 1.82) is 0 Å². The molecule has 0 saturated carbocycles. The quantitative estimate of drug-likeness (QED) is 0.638. The van der Waals surface area contributed by atoms with Gasteiger partial charge in [0.1, 0.15) is 6.54 Å². The van der Waals surface area contributed by atoms with Crippen molar-refractivity contribution in [2.24, 2.45) is 12.1 Å². The van der Waals surface area contributed by atoms with Gasteiger partial charge < -0.3 is 0 Å². The Morgan fingerprint density at radius 3 is 2.89 bits per heavy atom. The van der Waals surface area contributed by atoms with Gasteiger partial charge in [-0.2, -0.15) is 15.3 Å². The van der Waals surface area contributed by atoms with E-state index in [1.165, 1.54) is 0 Å². The van der Waals surface area contributed by atoms with Crippen molar-refractivity contribution in [3.8, 4) is 0 Å². The van der Waals surface area contributed by atoms with Crippen molar-refractivity contribution in [1.82, 2.24) is 25.0 Å². The van der Waals surface area contributed by atoms with E-state index in [2.05, 4.69) is 20.7 Å². The minimum absolute atomic E-state index is 0.155. The zero-order valence-electron chi connectivity index (χ0n) is 11.2. The van der Waals surface area contributed by atoms with Gasteiger partial charge in [0.25, 0.3) is 5.91 Å². The molecule has 0 spiro atoms. The third-order valence-corrected chi connectivity index (χ3v) is 2.67. The van der Waals surface area contributed by atoms with Gasteiger partial charge in [-0.25, -0.2) is 5.43 Å². The topological polar surface area (TPSA) is 77.1 Å². The second-order valence-corrected chi connectivity index (χ2v) is 4.27. The number of aromatic nitrogens is 4. The summed E-state index contributed by atoms with van der Waals surface area (Å²) in [6.45, 7) is 3.93. The van der Waals surface area contributed by atoms with E-state index in [1.54, 1.807) is 21.8 Å². The highest BCUT2D eigenvalue weighted by Gasteiger charge is 2.04. The number of nitrogens with zero attached hydrogens (tertiary/aromatic N) is 5. The lowest BCUT2D eigenvalue weighted by molar-refractivity contribution is -0.121. The van der Waals surface area contributed by atoms with Crippen LogP contribution in [-0.4, -0.2) is 31.7 Å². The average Bonchev–Trinajstić information content (AvgIpc) is 2.86. The summed E-state index contributed by atoms with van der Waals surface area (Å²) in [6.07, 6.45) is 5.07. The van der Waals surface area contributed by atoms with Gasteiger partial charge in [0.15, 0.2) is 0 Å². The molecule has 0 atom stereocenters. The Labute approximate surface area is 110 Å². The molecule has 19 heavy (non-hydrogen) atoms. The van der Waals surface area contributed by atoms with Crippen LogP contribution in [0.1, 0.15) is 17.0 Å². The van der Waals surface area contributed by atoms with Gasteiger partial charge in [-0.05, 0) is 19.9 Å². The lowest BCUT2D eigenvalue weighted by Gasteiger charge is -2.02. The van der Waals surface area contributed by atoms with E-state index >= 15 is 0 Å². The number of hydrazone groups is 1. The van der Waals surface area contributed by atoms with E-state index in [1.807, 2.05) is 33.2 Å². The van der Waals surface area contributed by atoms with Crippen molar-refractivity contribution in [2.45, 2.75) is 20.4 Å². The van der Waals surface area contributed by atoms with Crippen LogP contribution in [0.5, 0.6) is 0 Å². The van der Waals surface area contributed by atoms with E-state index in [0.717, 1.165) is 17.0 Å². The third-order valence-electron chi connectivity index (χ3n) is 2.67. The van der Waals surface area contributed by atoms with Gasteiger partial charge >= 0.3 is 0 Å². The van der Waals surface area contributed by atoms with Gasteiger partial charge in [0.2, 0.25) is 0 Å². The number of rotatable bonds is 4. The van der Waals surface area contributed by atoms with Crippen molar-refractivity contribution in [3.05, 3.63) is 35.4 Å². The second kappa shape index (κ2) is 5.47. The summed E-state index contributed by atoms with van der Waals surface area (Å²) < 4.78 is 3.31. The van der Waals surface area contributed by atoms with Gasteiger partial charge in [-0.15, -0.1) is 0 Å². The molecule has 0 fully saturated rings. The van der Waals surface area contributed by atoms with Gasteiger partial charge in [-0.3, -0.25) is 14.2 Å². The minimum Gasteiger partial charge on any atom is -0.275 e. The Balaban J connectivity index is 1.90. The Morgan fingerprint density at radius 2 is 2.32 bits per heavy atom. The van der Waals surface area contributed by atoms with Crippen LogP contribution in [0.2, 0.25) is 0 Å². The first-order chi connectivity index (χ1) is 9.06. The second-order valence-electron chi connectivity index (χ2n) is 4.27. The fourth-order valence-corrected chi connectivity index (χ4v) is 1.65. The summed E-state index contributed by atoms with van der Waals surface area (Å²) in [6, 6.07) is 1.84. The van der Waals surface area contributed by atoms with Crippen LogP contribution in [0, 0.1) is 13.8 Å². The van der Waals surface area contributed by atoms with Crippen molar-refractivity contribution in [2.75, 3.05) is 0 Å². The SMILES string of the molecule is Cc1nn(C)cc1/C=N\NC(=O)Cn1nccc1C. The molecule has 0 aromatic carbocycles. The largest absolute Gasteiger partial charge is 0.275 e. The van der Waals surface area contributed by atoms with Gasteiger partial charge in [-0.1, -0.05) is 0 Å². The van der Waals surface area contributed by atoms with Crippen LogP contribution >= 0.6 is 0 Å². The molecule has 0 radical (unpaired) electrons. The summed E-state index contributed by atoms with van der Waals surface area (Å²) >= 11 is 0. The van der Waals surface area contributed by atoms with Crippen molar-refractivity contribution in [3.63, 3.8) is 0 Å². The number of hydrogen-bond acceptors (Lipinski definition) is 4. The predicted molar refractivity (Wildman–Crippen MR) is 70.6 cm³/mol. The highest BCUT2D eigenvalue weighted by atomic mass is 16.2. The summed E-state index contributed by atoms with van der Waals surface area (Å²) in [4.78, 5) is 11.6. The maximum absolute atomic E-state index is 11.6. The standard InChI is InChI=1S/C12H16N6O/c1-9-4-5-14-18(9)8-12(19)15-13-6-11-7-17(3)16-10(11)2/h4-7H,8H2,1-3H3,(H,15,19)/b13-6-. The molecule has 2 aromatic rings. The predicted octanol–water partition coefficient (Wildman–Crippen LogP) is 0.384. The first-order valence-electron chi connectivity index (χ1n) is 5.87. The molecule has 2 rings (SSSR count). The summed E-state index contributed by atoms with van der Waals surface area (Å²) in [5.41, 5.74) is 5.14. The maximum atomic E-state index is 11.6. The summed E-state index contributed by atoms with van der Waals surface area (Å²) in [5.74, 6) is -0.218. The Hall–Kier alpha value is -2.44. The van der Waals surface area contributed by atoms with Crippen molar-refractivity contribution >= 4 is 12.1 Å². The Kier molecular flexibility index (Phi) is 3.74. The van der Waals surface area contributed by atoms with E-state index in [9.17, 15) is 4.79 Å². The molecule has 2 aromatic heterocycles. The summed E-state index contributed by atoms with van der Waals surface area (Å²) in [7, 11) is 1.84. The maximum Gasteiger partial charge on any atom is 0.261 e. The smallest absolute Gasteiger partial charge is 0.261 e. The lowest BCUT2D eigenvalue weighted by Crippen LogP contribution is -2.24. The Morgan fingerprint density at radius 1 is 1.53 bits per heavy atom. The molecule has 0 saturated heterocycles. The molecule has 1 amide bonds. The molecular weight excluding hydrogens is 244 g/mol. The number of carbonyl (C=O) groups excluding carboxylic acids is 1. The minimum atomic E-state index is -0.218. The molecule has 0 aliphatic carbocycles. The fraction of sp³-hybridized carbons (Fsp3) is 0.333. The highest BCUT2D eigenvalue weighted by molar-refractivity contribution is 5.83. The highest BCUT2D eigenvalue weighted by Crippen LogP contribution is 2.00. The van der Waals surface area contributed by atoms with Crippen LogP contribution in [0.4, 0.5) is 0 Å². The van der Waals surface area contributed by atoms with E-state index in [-0.39, 0.29) is 12.5 Å². The number of amides is 1. The zero-order valence-corrected chi connectivity index (χ0v) is 11.2. The van der Waals surface area contributed by atoms with Gasteiger partial charge in [0, 0.05) is 30.7 Å². The number of nitrogens with one attached hydrogen (secondary N) is 1. The van der Waals surface area contributed by atoms with E-state index in [4.69, 9.17) is 0 Å². The molecular formula is C12H16N6O. The number of aryl methyl sites for hydroxylation is 3. The van der Waals surface area contributed by atoms with Crippen LogP contribution in [-0.2, 0) is 18.4 Å². The molecule has 0 unspecified atom stereocenters.